The summed E-state index contributed by atoms with van der Waals surface area (Å²) < 4.78 is 27.0. The monoisotopic (exact) mass is 380 g/mol. The van der Waals surface area contributed by atoms with Gasteiger partial charge >= 0.3 is 0 Å². The molecule has 0 spiro atoms. The molecule has 2 saturated heterocycles. The Morgan fingerprint density at radius 3 is 2.35 bits per heavy atom. The lowest BCUT2D eigenvalue weighted by Gasteiger charge is -2.29. The molecule has 0 bridgehead atoms. The van der Waals surface area contributed by atoms with E-state index in [1.54, 1.807) is 28.6 Å². The van der Waals surface area contributed by atoms with Gasteiger partial charge in [-0.15, -0.1) is 0 Å². The lowest BCUT2D eigenvalue weighted by atomic mass is 10.0. The zero-order valence-corrected chi connectivity index (χ0v) is 16.4. The molecule has 6 nitrogen and oxygen atoms in total. The summed E-state index contributed by atoms with van der Waals surface area (Å²) in [6, 6.07) is 6.55. The summed E-state index contributed by atoms with van der Waals surface area (Å²) in [5, 5.41) is 2.89. The van der Waals surface area contributed by atoms with Crippen molar-refractivity contribution in [3.05, 3.63) is 24.3 Å². The maximum atomic E-state index is 12.7. The molecule has 0 aliphatic carbocycles. The second-order valence-electron chi connectivity index (χ2n) is 7.65. The van der Waals surface area contributed by atoms with Crippen molar-refractivity contribution >= 4 is 21.6 Å². The first kappa shape index (κ1) is 19.3. The quantitative estimate of drug-likeness (QED) is 0.804. The third-order valence-corrected chi connectivity index (χ3v) is 7.40. The predicted octanol–water partition coefficient (Wildman–Crippen LogP) is 1.11. The molecule has 0 saturated carbocycles. The number of rotatable bonds is 5. The highest BCUT2D eigenvalue weighted by molar-refractivity contribution is 7.89. The minimum absolute atomic E-state index is 0.0116. The van der Waals surface area contributed by atoms with E-state index >= 15 is 0 Å². The molecule has 0 unspecified atom stereocenters. The standard InChI is InChI=1S/C19H29N3O3S/c1-16-9-13-22(14-10-16)26(24,25)18-7-5-17(6-8-18)20-19(23)15-21-11-3-2-4-12-21/h5-8,16H,2-4,9-15H2,1H3,(H,20,23)/p+1. The van der Waals surface area contributed by atoms with Crippen LogP contribution in [0.15, 0.2) is 29.2 Å². The predicted molar refractivity (Wildman–Crippen MR) is 102 cm³/mol. The van der Waals surface area contributed by atoms with Gasteiger partial charge in [0.1, 0.15) is 0 Å². The number of quaternary nitrogens is 1. The third kappa shape index (κ3) is 4.84. The van der Waals surface area contributed by atoms with Crippen LogP contribution < -0.4 is 10.2 Å². The number of nitrogens with one attached hydrogen (secondary N) is 2. The van der Waals surface area contributed by atoms with Gasteiger partial charge in [0, 0.05) is 18.8 Å². The number of hydrogen-bond donors (Lipinski definition) is 2. The highest BCUT2D eigenvalue weighted by Crippen LogP contribution is 2.24. The Morgan fingerprint density at radius 1 is 1.12 bits per heavy atom. The Hall–Kier alpha value is -1.44. The Labute approximate surface area is 156 Å². The Balaban J connectivity index is 1.58. The van der Waals surface area contributed by atoms with Crippen LogP contribution in [0, 0.1) is 5.92 Å². The number of hydrogen-bond acceptors (Lipinski definition) is 3. The first-order valence-corrected chi connectivity index (χ1v) is 11.1. The van der Waals surface area contributed by atoms with Gasteiger partial charge in [-0.2, -0.15) is 4.31 Å². The summed E-state index contributed by atoms with van der Waals surface area (Å²) in [4.78, 5) is 13.8. The number of carbonyl (C=O) groups excluding carboxylic acids is 1. The van der Waals surface area contributed by atoms with Crippen molar-refractivity contribution < 1.29 is 18.1 Å². The second kappa shape index (κ2) is 8.50. The minimum atomic E-state index is -3.44. The topological polar surface area (TPSA) is 70.9 Å². The summed E-state index contributed by atoms with van der Waals surface area (Å²) in [6.45, 7) is 5.92. The van der Waals surface area contributed by atoms with Gasteiger partial charge in [-0.05, 0) is 62.3 Å². The summed E-state index contributed by atoms with van der Waals surface area (Å²) in [6.07, 6.45) is 5.45. The van der Waals surface area contributed by atoms with Gasteiger partial charge in [-0.1, -0.05) is 6.92 Å². The fourth-order valence-corrected chi connectivity index (χ4v) is 5.22. The molecular formula is C19H30N3O3S+. The van der Waals surface area contributed by atoms with Crippen LogP contribution in [-0.2, 0) is 14.8 Å². The fourth-order valence-electron chi connectivity index (χ4n) is 3.75. The zero-order valence-electron chi connectivity index (χ0n) is 15.5. The van der Waals surface area contributed by atoms with Crippen LogP contribution in [0.3, 0.4) is 0 Å². The van der Waals surface area contributed by atoms with Gasteiger partial charge in [-0.3, -0.25) is 4.79 Å². The van der Waals surface area contributed by atoms with Crippen LogP contribution in [0.4, 0.5) is 5.69 Å². The molecule has 2 aliphatic rings. The zero-order chi connectivity index (χ0) is 18.6. The van der Waals surface area contributed by atoms with E-state index in [1.807, 2.05) is 0 Å². The maximum absolute atomic E-state index is 12.7. The van der Waals surface area contributed by atoms with E-state index in [0.717, 1.165) is 25.9 Å². The summed E-state index contributed by atoms with van der Waals surface area (Å²) in [7, 11) is -3.44. The highest BCUT2D eigenvalue weighted by Gasteiger charge is 2.28. The average Bonchev–Trinajstić information content (AvgIpc) is 2.63. The van der Waals surface area contributed by atoms with Crippen molar-refractivity contribution in [2.75, 3.05) is 38.0 Å². The number of sulfonamides is 1. The van der Waals surface area contributed by atoms with E-state index in [2.05, 4.69) is 12.2 Å². The van der Waals surface area contributed by atoms with Crippen LogP contribution >= 0.6 is 0 Å². The summed E-state index contributed by atoms with van der Waals surface area (Å²) in [5.41, 5.74) is 0.651. The van der Waals surface area contributed by atoms with Crippen molar-refractivity contribution in [1.82, 2.24) is 4.31 Å². The normalized spacial score (nSPS) is 20.8. The van der Waals surface area contributed by atoms with Crippen molar-refractivity contribution in [3.63, 3.8) is 0 Å². The number of piperidine rings is 2. The molecule has 3 rings (SSSR count). The number of carbonyl (C=O) groups is 1. The summed E-state index contributed by atoms with van der Waals surface area (Å²) >= 11 is 0. The molecule has 2 fully saturated rings. The molecule has 0 radical (unpaired) electrons. The van der Waals surface area contributed by atoms with Gasteiger partial charge in [0.25, 0.3) is 5.91 Å². The smallest absolute Gasteiger partial charge is 0.279 e. The number of likely N-dealkylation sites (tertiary alicyclic amines) is 1. The van der Waals surface area contributed by atoms with Crippen molar-refractivity contribution in [3.8, 4) is 0 Å². The number of benzene rings is 1. The molecule has 1 amide bonds. The van der Waals surface area contributed by atoms with E-state index < -0.39 is 10.0 Å². The molecule has 2 aliphatic heterocycles. The molecule has 7 heteroatoms. The average molecular weight is 381 g/mol. The molecule has 2 heterocycles. The van der Waals surface area contributed by atoms with Crippen molar-refractivity contribution in [1.29, 1.82) is 0 Å². The van der Waals surface area contributed by atoms with Crippen molar-refractivity contribution in [2.24, 2.45) is 5.92 Å². The molecule has 26 heavy (non-hydrogen) atoms. The number of anilines is 1. The number of nitrogens with zero attached hydrogens (tertiary/aromatic N) is 1. The largest absolute Gasteiger partial charge is 0.327 e. The summed E-state index contributed by atoms with van der Waals surface area (Å²) in [5.74, 6) is 0.573. The molecule has 0 aromatic heterocycles. The number of amides is 1. The Kier molecular flexibility index (Phi) is 6.32. The first-order chi connectivity index (χ1) is 12.4. The molecule has 2 N–H and O–H groups in total. The molecule has 0 atom stereocenters. The first-order valence-electron chi connectivity index (χ1n) is 9.69. The Bertz CT molecular complexity index is 704. The van der Waals surface area contributed by atoms with Crippen LogP contribution in [0.25, 0.3) is 0 Å². The third-order valence-electron chi connectivity index (χ3n) is 5.49. The SMILES string of the molecule is CC1CCN(S(=O)(=O)c2ccc(NC(=O)C[NH+]3CCCCC3)cc2)CC1. The van der Waals surface area contributed by atoms with Gasteiger partial charge in [0.05, 0.1) is 18.0 Å². The highest BCUT2D eigenvalue weighted by atomic mass is 32.2. The van der Waals surface area contributed by atoms with E-state index in [0.29, 0.717) is 36.1 Å². The van der Waals surface area contributed by atoms with Crippen LogP contribution in [0.1, 0.15) is 39.0 Å². The van der Waals surface area contributed by atoms with Gasteiger partial charge < -0.3 is 10.2 Å². The second-order valence-corrected chi connectivity index (χ2v) is 9.58. The van der Waals surface area contributed by atoms with Gasteiger partial charge in [0.2, 0.25) is 10.0 Å². The van der Waals surface area contributed by atoms with E-state index in [1.165, 1.54) is 24.2 Å². The van der Waals surface area contributed by atoms with Gasteiger partial charge in [-0.25, -0.2) is 8.42 Å². The van der Waals surface area contributed by atoms with E-state index in [4.69, 9.17) is 0 Å². The van der Waals surface area contributed by atoms with Gasteiger partial charge in [0.15, 0.2) is 6.54 Å². The molecule has 1 aromatic rings. The lowest BCUT2D eigenvalue weighted by molar-refractivity contribution is -0.896. The van der Waals surface area contributed by atoms with Crippen LogP contribution in [-0.4, -0.2) is 51.4 Å². The maximum Gasteiger partial charge on any atom is 0.279 e. The molecule has 1 aromatic carbocycles. The Morgan fingerprint density at radius 2 is 1.73 bits per heavy atom. The molecular weight excluding hydrogens is 350 g/mol. The van der Waals surface area contributed by atoms with Crippen LogP contribution in [0.5, 0.6) is 0 Å². The van der Waals surface area contributed by atoms with Crippen LogP contribution in [0.2, 0.25) is 0 Å². The van der Waals surface area contributed by atoms with E-state index in [9.17, 15) is 13.2 Å². The fraction of sp³-hybridized carbons (Fsp3) is 0.632. The minimum Gasteiger partial charge on any atom is -0.327 e. The lowest BCUT2D eigenvalue weighted by Crippen LogP contribution is -3.13. The van der Waals surface area contributed by atoms with E-state index in [-0.39, 0.29) is 5.91 Å². The molecule has 144 valence electrons. The van der Waals surface area contributed by atoms with Crippen molar-refractivity contribution in [2.45, 2.75) is 43.9 Å².